The number of methoxy groups -OCH3 is 1. The number of hydrogen-bond donors (Lipinski definition) is 0. The molecule has 0 atom stereocenters. The maximum absolute atomic E-state index is 12.9. The van der Waals surface area contributed by atoms with Gasteiger partial charge in [0.25, 0.3) is 5.91 Å². The van der Waals surface area contributed by atoms with Crippen molar-refractivity contribution in [2.24, 2.45) is 4.99 Å². The summed E-state index contributed by atoms with van der Waals surface area (Å²) in [6.07, 6.45) is 0.373. The highest BCUT2D eigenvalue weighted by molar-refractivity contribution is 7.16. The molecule has 0 unspecified atom stereocenters. The predicted octanol–water partition coefficient (Wildman–Crippen LogP) is 2.67. The largest absolute Gasteiger partial charge is 0.494 e. The van der Waals surface area contributed by atoms with Crippen molar-refractivity contribution in [2.45, 2.75) is 26.3 Å². The van der Waals surface area contributed by atoms with E-state index in [4.69, 9.17) is 9.47 Å². The van der Waals surface area contributed by atoms with Gasteiger partial charge in [-0.05, 0) is 49.4 Å². The van der Waals surface area contributed by atoms with Crippen molar-refractivity contribution < 1.29 is 28.7 Å². The number of carbonyl (C=O) groups is 4. The zero-order valence-corrected chi connectivity index (χ0v) is 18.9. The molecule has 0 saturated carbocycles. The van der Waals surface area contributed by atoms with Gasteiger partial charge >= 0.3 is 5.97 Å². The number of esters is 1. The van der Waals surface area contributed by atoms with Gasteiger partial charge in [0.05, 0.1) is 29.6 Å². The van der Waals surface area contributed by atoms with E-state index in [2.05, 4.69) is 4.99 Å². The normalized spacial score (nSPS) is 14.2. The first kappa shape index (κ1) is 22.4. The van der Waals surface area contributed by atoms with Crippen LogP contribution in [-0.4, -0.2) is 42.0 Å². The van der Waals surface area contributed by atoms with Crippen molar-refractivity contribution in [3.05, 3.63) is 52.8 Å². The standard InChI is InChI=1S/C23H21N3O6S/c1-3-32-16-8-9-17-18(12-16)33-23(25(17)13-21(29)31-2)24-22(30)14-4-6-15(7-5-14)26-19(27)10-11-20(26)28/h4-9,12H,3,10-11,13H2,1-2H3. The van der Waals surface area contributed by atoms with E-state index >= 15 is 0 Å². The first-order valence-electron chi connectivity index (χ1n) is 10.3. The van der Waals surface area contributed by atoms with E-state index in [0.29, 0.717) is 22.8 Å². The van der Waals surface area contributed by atoms with Gasteiger partial charge in [-0.25, -0.2) is 0 Å². The van der Waals surface area contributed by atoms with E-state index in [1.165, 1.54) is 30.6 Å². The zero-order chi connectivity index (χ0) is 23.5. The molecule has 2 aromatic carbocycles. The second-order valence-electron chi connectivity index (χ2n) is 7.20. The molecule has 1 saturated heterocycles. The molecule has 3 aromatic rings. The summed E-state index contributed by atoms with van der Waals surface area (Å²) in [5, 5.41) is 0. The molecule has 170 valence electrons. The van der Waals surface area contributed by atoms with Crippen LogP contribution in [0.4, 0.5) is 5.69 Å². The number of imide groups is 1. The molecule has 10 heteroatoms. The quantitative estimate of drug-likeness (QED) is 0.408. The second-order valence-corrected chi connectivity index (χ2v) is 8.21. The van der Waals surface area contributed by atoms with Crippen molar-refractivity contribution in [2.75, 3.05) is 18.6 Å². The van der Waals surface area contributed by atoms with Crippen LogP contribution in [0, 0.1) is 0 Å². The zero-order valence-electron chi connectivity index (χ0n) is 18.1. The number of rotatable bonds is 6. The third-order valence-corrected chi connectivity index (χ3v) is 6.14. The van der Waals surface area contributed by atoms with Gasteiger partial charge < -0.3 is 14.0 Å². The number of aromatic nitrogens is 1. The lowest BCUT2D eigenvalue weighted by atomic mass is 10.2. The molecule has 0 bridgehead atoms. The average Bonchev–Trinajstić information content (AvgIpc) is 3.32. The molecule has 0 aliphatic carbocycles. The van der Waals surface area contributed by atoms with Gasteiger partial charge in [-0.2, -0.15) is 4.99 Å². The van der Waals surface area contributed by atoms with Crippen molar-refractivity contribution in [3.63, 3.8) is 0 Å². The number of nitrogens with zero attached hydrogens (tertiary/aromatic N) is 3. The number of carbonyl (C=O) groups excluding carboxylic acids is 4. The number of hydrogen-bond acceptors (Lipinski definition) is 7. The summed E-state index contributed by atoms with van der Waals surface area (Å²) in [7, 11) is 1.30. The number of ether oxygens (including phenoxy) is 2. The summed E-state index contributed by atoms with van der Waals surface area (Å²) >= 11 is 1.25. The third kappa shape index (κ3) is 4.56. The van der Waals surface area contributed by atoms with Crippen LogP contribution in [0.15, 0.2) is 47.5 Å². The summed E-state index contributed by atoms with van der Waals surface area (Å²) in [5.74, 6) is -0.831. The summed E-state index contributed by atoms with van der Waals surface area (Å²) in [5.41, 5.74) is 1.43. The lowest BCUT2D eigenvalue weighted by Gasteiger charge is -2.13. The number of anilines is 1. The van der Waals surface area contributed by atoms with E-state index in [0.717, 1.165) is 15.1 Å². The Labute approximate surface area is 192 Å². The van der Waals surface area contributed by atoms with Crippen LogP contribution >= 0.6 is 11.3 Å². The van der Waals surface area contributed by atoms with E-state index in [1.54, 1.807) is 22.8 Å². The van der Waals surface area contributed by atoms with Gasteiger partial charge in [-0.15, -0.1) is 0 Å². The molecule has 1 aliphatic rings. The van der Waals surface area contributed by atoms with Crippen LogP contribution < -0.4 is 14.4 Å². The highest BCUT2D eigenvalue weighted by Gasteiger charge is 2.30. The summed E-state index contributed by atoms with van der Waals surface area (Å²) in [6.45, 7) is 2.30. The fourth-order valence-electron chi connectivity index (χ4n) is 3.51. The Morgan fingerprint density at radius 3 is 2.39 bits per heavy atom. The van der Waals surface area contributed by atoms with Gasteiger partial charge in [0, 0.05) is 18.4 Å². The molecule has 1 fully saturated rings. The molecule has 3 amide bonds. The molecule has 33 heavy (non-hydrogen) atoms. The van der Waals surface area contributed by atoms with E-state index in [1.807, 2.05) is 19.1 Å². The Morgan fingerprint density at radius 1 is 1.06 bits per heavy atom. The predicted molar refractivity (Wildman–Crippen MR) is 121 cm³/mol. The lowest BCUT2D eigenvalue weighted by Crippen LogP contribution is -2.28. The van der Waals surface area contributed by atoms with Crippen molar-refractivity contribution in [1.29, 1.82) is 0 Å². The maximum atomic E-state index is 12.9. The Balaban J connectivity index is 1.70. The number of thiazole rings is 1. The first-order chi connectivity index (χ1) is 15.9. The Hall–Kier alpha value is -3.79. The van der Waals surface area contributed by atoms with E-state index in [-0.39, 0.29) is 36.8 Å². The van der Waals surface area contributed by atoms with Crippen LogP contribution in [0.1, 0.15) is 30.1 Å². The highest BCUT2D eigenvalue weighted by Crippen LogP contribution is 2.25. The Morgan fingerprint density at radius 2 is 1.76 bits per heavy atom. The van der Waals surface area contributed by atoms with Gasteiger partial charge in [0.15, 0.2) is 4.80 Å². The van der Waals surface area contributed by atoms with Crippen LogP contribution in [0.5, 0.6) is 5.75 Å². The van der Waals surface area contributed by atoms with Crippen LogP contribution in [0.3, 0.4) is 0 Å². The smallest absolute Gasteiger partial charge is 0.325 e. The molecular weight excluding hydrogens is 446 g/mol. The van der Waals surface area contributed by atoms with Crippen molar-refractivity contribution in [1.82, 2.24) is 4.57 Å². The summed E-state index contributed by atoms with van der Waals surface area (Å²) in [4.78, 5) is 54.4. The molecule has 9 nitrogen and oxygen atoms in total. The molecule has 1 aromatic heterocycles. The number of fused-ring (bicyclic) bond motifs is 1. The SMILES string of the molecule is CCOc1ccc2c(c1)sc(=NC(=O)c1ccc(N3C(=O)CCC3=O)cc1)n2CC(=O)OC. The first-order valence-corrected chi connectivity index (χ1v) is 11.1. The fraction of sp³-hybridized carbons (Fsp3) is 0.261. The molecule has 0 radical (unpaired) electrons. The molecule has 2 heterocycles. The molecule has 0 N–H and O–H groups in total. The maximum Gasteiger partial charge on any atom is 0.325 e. The summed E-state index contributed by atoms with van der Waals surface area (Å²) in [6, 6.07) is 11.6. The minimum Gasteiger partial charge on any atom is -0.494 e. The molecule has 4 rings (SSSR count). The molecule has 0 spiro atoms. The summed E-state index contributed by atoms with van der Waals surface area (Å²) < 4.78 is 12.8. The van der Waals surface area contributed by atoms with Crippen molar-refractivity contribution in [3.8, 4) is 5.75 Å². The fourth-order valence-corrected chi connectivity index (χ4v) is 4.57. The van der Waals surface area contributed by atoms with Crippen LogP contribution in [-0.2, 0) is 25.7 Å². The number of amides is 3. The van der Waals surface area contributed by atoms with Gasteiger partial charge in [-0.3, -0.25) is 24.1 Å². The van der Waals surface area contributed by atoms with E-state index < -0.39 is 11.9 Å². The Kier molecular flexibility index (Phi) is 6.36. The topological polar surface area (TPSA) is 107 Å². The number of benzene rings is 2. The van der Waals surface area contributed by atoms with E-state index in [9.17, 15) is 19.2 Å². The highest BCUT2D eigenvalue weighted by atomic mass is 32.1. The van der Waals surface area contributed by atoms with Gasteiger partial charge in [0.1, 0.15) is 12.3 Å². The third-order valence-electron chi connectivity index (χ3n) is 5.10. The lowest BCUT2D eigenvalue weighted by molar-refractivity contribution is -0.141. The second kappa shape index (κ2) is 9.37. The minimum absolute atomic E-state index is 0.102. The molecular formula is C23H21N3O6S. The monoisotopic (exact) mass is 467 g/mol. The van der Waals surface area contributed by atoms with Crippen LogP contribution in [0.25, 0.3) is 10.2 Å². The van der Waals surface area contributed by atoms with Gasteiger partial charge in [-0.1, -0.05) is 11.3 Å². The van der Waals surface area contributed by atoms with Crippen molar-refractivity contribution >= 4 is 50.9 Å². The average molecular weight is 468 g/mol. The van der Waals surface area contributed by atoms with Crippen LogP contribution in [0.2, 0.25) is 0 Å². The van der Waals surface area contributed by atoms with Gasteiger partial charge in [0.2, 0.25) is 11.8 Å². The molecule has 1 aliphatic heterocycles. The minimum atomic E-state index is -0.518. The Bertz CT molecular complexity index is 1310.